The SMILES string of the molecule is CCNC(=O)CC1CCN(Cc2cc(Oc3ccc(N4CCN(C(=O)O)CC4)nc3)nc(-c3cc(Cl)cc(Cl)c3)c2)CC1. The maximum Gasteiger partial charge on any atom is 0.407 e. The number of likely N-dealkylation sites (tertiary alicyclic amines) is 1. The minimum atomic E-state index is -0.897. The molecule has 5 rings (SSSR count). The van der Waals surface area contributed by atoms with Crippen LogP contribution in [0.15, 0.2) is 48.7 Å². The highest BCUT2D eigenvalue weighted by molar-refractivity contribution is 6.35. The van der Waals surface area contributed by atoms with Crippen LogP contribution in [0.1, 0.15) is 31.7 Å². The molecule has 12 heteroatoms. The lowest BCUT2D eigenvalue weighted by atomic mass is 9.93. The van der Waals surface area contributed by atoms with Crippen molar-refractivity contribution in [2.24, 2.45) is 5.92 Å². The number of anilines is 1. The van der Waals surface area contributed by atoms with Crippen molar-refractivity contribution in [3.8, 4) is 22.9 Å². The molecule has 2 saturated heterocycles. The number of carbonyl (C=O) groups excluding carboxylic acids is 1. The van der Waals surface area contributed by atoms with Crippen LogP contribution in [0.5, 0.6) is 11.6 Å². The van der Waals surface area contributed by atoms with Gasteiger partial charge < -0.3 is 25.0 Å². The standard InChI is InChI=1S/C31H36Cl2N6O4/c1-2-34-29(40)14-21-5-7-37(8-6-21)20-22-13-27(23-16-24(32)18-25(33)17-23)36-30(15-22)43-26-3-4-28(35-19-26)38-9-11-39(12-10-38)31(41)42/h3-4,13,15-19,21H,2,5-12,14,20H2,1H3,(H,34,40)(H,41,42). The van der Waals surface area contributed by atoms with Crippen LogP contribution < -0.4 is 15.0 Å². The van der Waals surface area contributed by atoms with Gasteiger partial charge in [-0.1, -0.05) is 23.2 Å². The van der Waals surface area contributed by atoms with Crippen molar-refractivity contribution in [1.82, 2.24) is 25.1 Å². The second kappa shape index (κ2) is 14.2. The Morgan fingerprint density at radius 3 is 2.35 bits per heavy atom. The molecular formula is C31H36Cl2N6O4. The molecule has 2 amide bonds. The van der Waals surface area contributed by atoms with Crippen molar-refractivity contribution in [2.45, 2.75) is 32.7 Å². The van der Waals surface area contributed by atoms with E-state index in [1.807, 2.05) is 43.3 Å². The summed E-state index contributed by atoms with van der Waals surface area (Å²) in [6, 6.07) is 13.0. The third-order valence-electron chi connectivity index (χ3n) is 7.80. The number of piperazine rings is 1. The van der Waals surface area contributed by atoms with E-state index < -0.39 is 6.09 Å². The topological polar surface area (TPSA) is 111 Å². The molecule has 0 radical (unpaired) electrons. The summed E-state index contributed by atoms with van der Waals surface area (Å²) in [5.41, 5.74) is 2.53. The van der Waals surface area contributed by atoms with Crippen LogP contribution >= 0.6 is 23.2 Å². The summed E-state index contributed by atoms with van der Waals surface area (Å²) < 4.78 is 6.20. The zero-order chi connectivity index (χ0) is 30.3. The van der Waals surface area contributed by atoms with Gasteiger partial charge in [0.1, 0.15) is 11.6 Å². The summed E-state index contributed by atoms with van der Waals surface area (Å²) in [4.78, 5) is 38.4. The van der Waals surface area contributed by atoms with Crippen LogP contribution in [0.4, 0.5) is 10.6 Å². The molecule has 2 N–H and O–H groups in total. The number of nitrogens with one attached hydrogen (secondary N) is 1. The summed E-state index contributed by atoms with van der Waals surface area (Å²) in [6.45, 7) is 7.18. The van der Waals surface area contributed by atoms with Gasteiger partial charge in [-0.05, 0) is 80.7 Å². The number of amides is 2. The average Bonchev–Trinajstić information content (AvgIpc) is 2.98. The fourth-order valence-corrected chi connectivity index (χ4v) is 6.08. The molecular weight excluding hydrogens is 591 g/mol. The number of ether oxygens (including phenoxy) is 1. The third-order valence-corrected chi connectivity index (χ3v) is 8.24. The van der Waals surface area contributed by atoms with Crippen LogP contribution in [0.25, 0.3) is 11.3 Å². The first-order valence-corrected chi connectivity index (χ1v) is 15.3. The summed E-state index contributed by atoms with van der Waals surface area (Å²) in [7, 11) is 0. The van der Waals surface area contributed by atoms with Crippen LogP contribution in [0.3, 0.4) is 0 Å². The normalized spacial score (nSPS) is 16.3. The fourth-order valence-electron chi connectivity index (χ4n) is 5.56. The Bertz CT molecular complexity index is 1400. The monoisotopic (exact) mass is 626 g/mol. The molecule has 2 aliphatic heterocycles. The quantitative estimate of drug-likeness (QED) is 0.307. The van der Waals surface area contributed by atoms with Crippen LogP contribution in [-0.2, 0) is 11.3 Å². The van der Waals surface area contributed by atoms with Gasteiger partial charge in [0.25, 0.3) is 0 Å². The highest BCUT2D eigenvalue weighted by Crippen LogP contribution is 2.31. The van der Waals surface area contributed by atoms with E-state index in [9.17, 15) is 14.7 Å². The predicted octanol–water partition coefficient (Wildman–Crippen LogP) is 5.78. The van der Waals surface area contributed by atoms with Gasteiger partial charge >= 0.3 is 6.09 Å². The van der Waals surface area contributed by atoms with Gasteiger partial charge in [0.05, 0.1) is 11.9 Å². The number of hydrogen-bond acceptors (Lipinski definition) is 7. The number of pyridine rings is 2. The third kappa shape index (κ3) is 8.49. The molecule has 2 aliphatic rings. The van der Waals surface area contributed by atoms with Gasteiger partial charge in [-0.25, -0.2) is 14.8 Å². The second-order valence-electron chi connectivity index (χ2n) is 10.9. The average molecular weight is 628 g/mol. The maximum atomic E-state index is 12.0. The molecule has 2 fully saturated rings. The van der Waals surface area contributed by atoms with E-state index in [2.05, 4.69) is 20.1 Å². The molecule has 0 saturated carbocycles. The minimum Gasteiger partial charge on any atom is -0.465 e. The molecule has 10 nitrogen and oxygen atoms in total. The Balaban J connectivity index is 1.30. The van der Waals surface area contributed by atoms with Crippen molar-refractivity contribution in [1.29, 1.82) is 0 Å². The van der Waals surface area contributed by atoms with Crippen molar-refractivity contribution in [3.63, 3.8) is 0 Å². The van der Waals surface area contributed by atoms with E-state index in [1.54, 1.807) is 12.3 Å². The van der Waals surface area contributed by atoms with Gasteiger partial charge in [0, 0.05) is 67.4 Å². The lowest BCUT2D eigenvalue weighted by Crippen LogP contribution is -2.48. The molecule has 0 bridgehead atoms. The van der Waals surface area contributed by atoms with Gasteiger partial charge in [0.2, 0.25) is 11.8 Å². The first kappa shape index (κ1) is 30.8. The molecule has 4 heterocycles. The Kier molecular flexibility index (Phi) is 10.2. The highest BCUT2D eigenvalue weighted by atomic mass is 35.5. The number of carbonyl (C=O) groups is 2. The number of carboxylic acid groups (broad SMARTS) is 1. The van der Waals surface area contributed by atoms with E-state index in [4.69, 9.17) is 32.9 Å². The number of halogens is 2. The molecule has 0 atom stereocenters. The summed E-state index contributed by atoms with van der Waals surface area (Å²) in [5, 5.41) is 13.1. The van der Waals surface area contributed by atoms with Crippen molar-refractivity contribution in [3.05, 3.63) is 64.3 Å². The van der Waals surface area contributed by atoms with Crippen LogP contribution in [0.2, 0.25) is 10.0 Å². The van der Waals surface area contributed by atoms with Gasteiger partial charge in [-0.15, -0.1) is 0 Å². The molecule has 0 aliphatic carbocycles. The smallest absolute Gasteiger partial charge is 0.407 e. The number of aromatic nitrogens is 2. The molecule has 228 valence electrons. The predicted molar refractivity (Wildman–Crippen MR) is 167 cm³/mol. The van der Waals surface area contributed by atoms with E-state index in [0.717, 1.165) is 42.9 Å². The zero-order valence-electron chi connectivity index (χ0n) is 24.1. The Hall–Kier alpha value is -3.60. The second-order valence-corrected chi connectivity index (χ2v) is 11.8. The molecule has 43 heavy (non-hydrogen) atoms. The number of piperidine rings is 1. The Labute approximate surface area is 261 Å². The largest absolute Gasteiger partial charge is 0.465 e. The highest BCUT2D eigenvalue weighted by Gasteiger charge is 2.23. The van der Waals surface area contributed by atoms with E-state index in [0.29, 0.717) is 79.0 Å². The van der Waals surface area contributed by atoms with Gasteiger partial charge in [0.15, 0.2) is 0 Å². The fraction of sp³-hybridized carbons (Fsp3) is 0.419. The Morgan fingerprint density at radius 2 is 1.72 bits per heavy atom. The summed E-state index contributed by atoms with van der Waals surface area (Å²) in [5.74, 6) is 2.27. The maximum absolute atomic E-state index is 12.0. The minimum absolute atomic E-state index is 0.130. The lowest BCUT2D eigenvalue weighted by molar-refractivity contribution is -0.122. The van der Waals surface area contributed by atoms with Gasteiger partial charge in [-0.2, -0.15) is 0 Å². The van der Waals surface area contributed by atoms with Gasteiger partial charge in [-0.3, -0.25) is 9.69 Å². The van der Waals surface area contributed by atoms with E-state index in [-0.39, 0.29) is 5.91 Å². The number of nitrogens with zero attached hydrogens (tertiary/aromatic N) is 5. The molecule has 1 aromatic carbocycles. The number of rotatable bonds is 9. The first-order chi connectivity index (χ1) is 20.7. The zero-order valence-corrected chi connectivity index (χ0v) is 25.7. The summed E-state index contributed by atoms with van der Waals surface area (Å²) >= 11 is 12.6. The molecule has 0 spiro atoms. The van der Waals surface area contributed by atoms with E-state index >= 15 is 0 Å². The van der Waals surface area contributed by atoms with Crippen molar-refractivity contribution >= 4 is 41.0 Å². The molecule has 3 aromatic rings. The lowest BCUT2D eigenvalue weighted by Gasteiger charge is -2.33. The van der Waals surface area contributed by atoms with Crippen LogP contribution in [0, 0.1) is 5.92 Å². The van der Waals surface area contributed by atoms with Crippen LogP contribution in [-0.4, -0.2) is 82.7 Å². The van der Waals surface area contributed by atoms with Crippen molar-refractivity contribution < 1.29 is 19.4 Å². The van der Waals surface area contributed by atoms with Crippen molar-refractivity contribution in [2.75, 3.05) is 50.7 Å². The number of hydrogen-bond donors (Lipinski definition) is 2. The molecule has 0 unspecified atom stereocenters. The number of benzene rings is 1. The summed E-state index contributed by atoms with van der Waals surface area (Å²) in [6.07, 6.45) is 3.30. The Morgan fingerprint density at radius 1 is 1.00 bits per heavy atom. The van der Waals surface area contributed by atoms with E-state index in [1.165, 1.54) is 4.90 Å². The molecule has 2 aromatic heterocycles. The first-order valence-electron chi connectivity index (χ1n) is 14.6.